The number of imide groups is 2. The van der Waals surface area contributed by atoms with Crippen LogP contribution in [0.1, 0.15) is 79.1 Å². The van der Waals surface area contributed by atoms with Crippen molar-refractivity contribution in [2.24, 2.45) is 20.2 Å². The van der Waals surface area contributed by atoms with Crippen LogP contribution < -0.4 is 0 Å². The van der Waals surface area contributed by atoms with Crippen LogP contribution in [0, 0.1) is 0 Å². The number of carbonyl (C=O) groups excluding carboxylic acids is 6. The maximum absolute atomic E-state index is 13.4. The summed E-state index contributed by atoms with van der Waals surface area (Å²) in [6, 6.07) is 0. The Morgan fingerprint density at radius 3 is 1.21 bits per heavy atom. The van der Waals surface area contributed by atoms with Gasteiger partial charge in [0.1, 0.15) is 11.1 Å². The van der Waals surface area contributed by atoms with E-state index in [9.17, 15) is 28.8 Å². The number of hydrogen-bond acceptors (Lipinski definition) is 12. The van der Waals surface area contributed by atoms with Gasteiger partial charge in [-0.3, -0.25) is 38.6 Å². The number of thioether (sulfide) groups is 2. The summed E-state index contributed by atoms with van der Waals surface area (Å²) in [6.45, 7) is 5.20. The van der Waals surface area contributed by atoms with Gasteiger partial charge in [0.05, 0.1) is 11.5 Å². The fraction of sp³-hybridized carbons (Fsp3) is 0.615. The van der Waals surface area contributed by atoms with Gasteiger partial charge in [0.2, 0.25) is 23.6 Å². The van der Waals surface area contributed by atoms with Crippen molar-refractivity contribution in [3.8, 4) is 0 Å². The first kappa shape index (κ1) is 30.1. The minimum Gasteiger partial charge on any atom is -0.278 e. The van der Waals surface area contributed by atoms with Crippen molar-refractivity contribution in [3.05, 3.63) is 0 Å². The molecular formula is C26H32N8O6S2. The largest absolute Gasteiger partial charge is 0.278 e. The Bertz CT molecular complexity index is 1290. The molecule has 5 aliphatic rings. The summed E-state index contributed by atoms with van der Waals surface area (Å²) < 4.78 is 0. The van der Waals surface area contributed by atoms with Crippen LogP contribution in [0.2, 0.25) is 0 Å². The molecular weight excluding hydrogens is 584 g/mol. The van der Waals surface area contributed by atoms with Crippen LogP contribution in [0.15, 0.2) is 20.2 Å². The minimum atomic E-state index is -0.962. The molecule has 4 bridgehead atoms. The van der Waals surface area contributed by atoms with Gasteiger partial charge < -0.3 is 0 Å². The second-order valence-electron chi connectivity index (χ2n) is 10.8. The average Bonchev–Trinajstić information content (AvgIpc) is 3.70. The molecule has 0 atom stereocenters. The lowest BCUT2D eigenvalue weighted by Gasteiger charge is -2.35. The van der Waals surface area contributed by atoms with E-state index in [0.717, 1.165) is 59.2 Å². The van der Waals surface area contributed by atoms with Gasteiger partial charge in [-0.05, 0) is 25.7 Å². The van der Waals surface area contributed by atoms with E-state index in [1.807, 2.05) is 0 Å². The first-order valence-corrected chi connectivity index (χ1v) is 15.8. The van der Waals surface area contributed by atoms with Gasteiger partial charge >= 0.3 is 0 Å². The monoisotopic (exact) mass is 616 g/mol. The SMILES string of the molecule is CC(=O)N1/N=C2\N=C(SCC(=O)N(C(C)=O)/N=C3\N=C(SCC1=O)N(C(C)=O)C31CCCC1)N(C(C)=O)C21CCCC1. The molecule has 0 aromatic carbocycles. The van der Waals surface area contributed by atoms with Crippen molar-refractivity contribution in [2.75, 3.05) is 11.5 Å². The highest BCUT2D eigenvalue weighted by molar-refractivity contribution is 8.14. The highest BCUT2D eigenvalue weighted by Gasteiger charge is 2.54. The van der Waals surface area contributed by atoms with Crippen LogP contribution in [0.4, 0.5) is 0 Å². The highest BCUT2D eigenvalue weighted by Crippen LogP contribution is 2.44. The molecule has 0 unspecified atom stereocenters. The third-order valence-electron chi connectivity index (χ3n) is 8.07. The zero-order chi connectivity index (χ0) is 30.4. The molecule has 2 spiro atoms. The van der Waals surface area contributed by atoms with Crippen molar-refractivity contribution in [1.29, 1.82) is 0 Å². The van der Waals surface area contributed by atoms with Crippen molar-refractivity contribution in [2.45, 2.75) is 90.1 Å². The summed E-state index contributed by atoms with van der Waals surface area (Å²) in [5, 5.41) is 10.7. The number of carbonyl (C=O) groups is 6. The Balaban J connectivity index is 1.63. The number of hydrogen-bond donors (Lipinski definition) is 0. The lowest BCUT2D eigenvalue weighted by atomic mass is 9.95. The minimum absolute atomic E-state index is 0.142. The standard InChI is InChI=1S/C26H32N8O6S2/c1-15(35)31-23-27-21(25(31)9-5-6-10-25)29-33(17(3)37)20(40)14-42-24-28-22(30-34(18(4)38)19(39)13-41-23)26(11-7-8-12-26)32(24)16(2)36/h5-14H2,1-4H3/b29-21-,30-22-. The molecule has 0 saturated heterocycles. The predicted octanol–water partition coefficient (Wildman–Crippen LogP) is 1.91. The van der Waals surface area contributed by atoms with Gasteiger partial charge in [0.25, 0.3) is 11.8 Å². The van der Waals surface area contributed by atoms with Gasteiger partial charge in [-0.15, -0.1) is 10.2 Å². The van der Waals surface area contributed by atoms with Crippen molar-refractivity contribution in [3.63, 3.8) is 0 Å². The number of hydrazone groups is 2. The van der Waals surface area contributed by atoms with E-state index in [4.69, 9.17) is 0 Å². The Kier molecular flexibility index (Phi) is 8.13. The normalized spacial score (nSPS) is 26.3. The van der Waals surface area contributed by atoms with Gasteiger partial charge in [-0.1, -0.05) is 49.2 Å². The van der Waals surface area contributed by atoms with Crippen molar-refractivity contribution in [1.82, 2.24) is 19.8 Å². The van der Waals surface area contributed by atoms with E-state index in [2.05, 4.69) is 20.2 Å². The second-order valence-corrected chi connectivity index (χ2v) is 12.7. The molecule has 5 rings (SSSR count). The number of amides is 6. The van der Waals surface area contributed by atoms with E-state index in [1.165, 1.54) is 37.5 Å². The summed E-state index contributed by atoms with van der Waals surface area (Å²) in [6.07, 6.45) is 5.16. The highest BCUT2D eigenvalue weighted by atomic mass is 32.2. The fourth-order valence-electron chi connectivity index (χ4n) is 6.33. The molecule has 6 amide bonds. The molecule has 2 saturated carbocycles. The second kappa shape index (κ2) is 11.4. The number of aliphatic imine (C=N–C) groups is 2. The number of amidine groups is 4. The lowest BCUT2D eigenvalue weighted by molar-refractivity contribution is -0.143. The summed E-state index contributed by atoms with van der Waals surface area (Å²) >= 11 is 1.91. The van der Waals surface area contributed by atoms with E-state index in [-0.39, 0.29) is 45.3 Å². The van der Waals surface area contributed by atoms with Crippen LogP contribution in [0.5, 0.6) is 0 Å². The molecule has 14 nitrogen and oxygen atoms in total. The Hall–Kier alpha value is -3.40. The van der Waals surface area contributed by atoms with E-state index < -0.39 is 34.7 Å². The topological polar surface area (TPSA) is 165 Å². The Morgan fingerprint density at radius 1 is 0.595 bits per heavy atom. The quantitative estimate of drug-likeness (QED) is 0.398. The first-order chi connectivity index (χ1) is 19.9. The van der Waals surface area contributed by atoms with Gasteiger partial charge in [-0.25, -0.2) is 9.98 Å². The van der Waals surface area contributed by atoms with Gasteiger partial charge in [0, 0.05) is 27.7 Å². The van der Waals surface area contributed by atoms with E-state index in [1.54, 1.807) is 0 Å². The molecule has 224 valence electrons. The van der Waals surface area contributed by atoms with Crippen LogP contribution in [-0.4, -0.2) is 99.9 Å². The molecule has 42 heavy (non-hydrogen) atoms. The zero-order valence-corrected chi connectivity index (χ0v) is 25.5. The summed E-state index contributed by atoms with van der Waals surface area (Å²) in [4.78, 5) is 90.3. The Labute approximate surface area is 251 Å². The van der Waals surface area contributed by atoms with Crippen LogP contribution >= 0.6 is 23.5 Å². The van der Waals surface area contributed by atoms with Crippen LogP contribution in [-0.2, 0) is 28.8 Å². The molecule has 0 N–H and O–H groups in total. The van der Waals surface area contributed by atoms with Crippen LogP contribution in [0.25, 0.3) is 0 Å². The van der Waals surface area contributed by atoms with Gasteiger partial charge in [0.15, 0.2) is 22.0 Å². The first-order valence-electron chi connectivity index (χ1n) is 13.8. The number of fused-ring (bicyclic) bond motifs is 4. The number of rotatable bonds is 0. The molecule has 0 aromatic rings. The smallest absolute Gasteiger partial charge is 0.260 e. The fourth-order valence-corrected chi connectivity index (χ4v) is 8.25. The number of nitrogens with zero attached hydrogens (tertiary/aromatic N) is 8. The zero-order valence-electron chi connectivity index (χ0n) is 23.9. The maximum Gasteiger partial charge on any atom is 0.260 e. The molecule has 0 aromatic heterocycles. The molecule has 3 aliphatic heterocycles. The van der Waals surface area contributed by atoms with Crippen molar-refractivity contribution >= 4 is 81.0 Å². The van der Waals surface area contributed by atoms with E-state index in [0.29, 0.717) is 25.7 Å². The third kappa shape index (κ3) is 4.97. The maximum atomic E-state index is 13.4. The van der Waals surface area contributed by atoms with Gasteiger partial charge in [-0.2, -0.15) is 10.0 Å². The molecule has 16 heteroatoms. The molecule has 2 aliphatic carbocycles. The van der Waals surface area contributed by atoms with Crippen LogP contribution in [0.3, 0.4) is 0 Å². The third-order valence-corrected chi connectivity index (χ3v) is 9.92. The predicted molar refractivity (Wildman–Crippen MR) is 157 cm³/mol. The van der Waals surface area contributed by atoms with E-state index >= 15 is 0 Å². The Morgan fingerprint density at radius 2 is 0.929 bits per heavy atom. The molecule has 3 heterocycles. The average molecular weight is 617 g/mol. The summed E-state index contributed by atoms with van der Waals surface area (Å²) in [5.74, 6) is -3.49. The van der Waals surface area contributed by atoms with Crippen molar-refractivity contribution < 1.29 is 28.8 Å². The lowest BCUT2D eigenvalue weighted by Crippen LogP contribution is -2.53. The summed E-state index contributed by atoms with van der Waals surface area (Å²) in [7, 11) is 0. The molecule has 2 fully saturated rings. The summed E-state index contributed by atoms with van der Waals surface area (Å²) in [5.41, 5.74) is -1.92. The molecule has 0 radical (unpaired) electrons.